The van der Waals surface area contributed by atoms with Gasteiger partial charge >= 0.3 is 11.9 Å². The van der Waals surface area contributed by atoms with Crippen molar-refractivity contribution in [3.63, 3.8) is 0 Å². The maximum atomic E-state index is 11.0. The Labute approximate surface area is 311 Å². The molecule has 4 rings (SSSR count). The van der Waals surface area contributed by atoms with E-state index in [0.29, 0.717) is 21.2 Å². The van der Waals surface area contributed by atoms with Crippen LogP contribution in [-0.4, -0.2) is 50.0 Å². The lowest BCUT2D eigenvalue weighted by Gasteiger charge is -2.20. The molecule has 0 spiro atoms. The second kappa shape index (κ2) is 17.5. The van der Waals surface area contributed by atoms with Crippen LogP contribution in [0.15, 0.2) is 85.2 Å². The second-order valence-corrected chi connectivity index (χ2v) is 16.5. The minimum atomic E-state index is -0.940. The van der Waals surface area contributed by atoms with Crippen molar-refractivity contribution in [3.05, 3.63) is 119 Å². The van der Waals surface area contributed by atoms with Crippen molar-refractivity contribution < 1.29 is 19.8 Å². The Kier molecular flexibility index (Phi) is 13.4. The highest BCUT2D eigenvalue weighted by molar-refractivity contribution is 8.25. The molecule has 254 valence electrons. The lowest BCUT2D eigenvalue weighted by atomic mass is 10.0. The zero-order valence-corrected chi connectivity index (χ0v) is 30.7. The third-order valence-corrected chi connectivity index (χ3v) is 11.2. The molecule has 2 aromatic heterocycles. The molecule has 0 fully saturated rings. The van der Waals surface area contributed by atoms with E-state index in [9.17, 15) is 20.1 Å². The number of rotatable bonds is 15. The molecule has 0 aliphatic heterocycles. The fourth-order valence-electron chi connectivity index (χ4n) is 4.91. The van der Waals surface area contributed by atoms with Gasteiger partial charge < -0.3 is 10.2 Å². The van der Waals surface area contributed by atoms with Gasteiger partial charge in [-0.1, -0.05) is 96.5 Å². The Bertz CT molecular complexity index is 1830. The number of benzene rings is 2. The molecule has 2 heterocycles. The van der Waals surface area contributed by atoms with Crippen LogP contribution in [0.3, 0.4) is 0 Å². The molecule has 0 aliphatic carbocycles. The van der Waals surface area contributed by atoms with Gasteiger partial charge in [0.2, 0.25) is 0 Å². The average Bonchev–Trinajstić information content (AvgIpc) is 3.11. The van der Waals surface area contributed by atoms with E-state index in [-0.39, 0.29) is 25.7 Å². The van der Waals surface area contributed by atoms with Crippen LogP contribution in [0.2, 0.25) is 0 Å². The summed E-state index contributed by atoms with van der Waals surface area (Å²) in [6.45, 7) is 3.43. The van der Waals surface area contributed by atoms with Crippen molar-refractivity contribution in [1.82, 2.24) is 9.97 Å². The SMILES string of the molecule is CC(C#N)(CCC(=O)O)SC(=S)c1ccc(Cc2ccnc(-c3cc(Cc4ccc(C(=S)SC(C)(C#N)CCC(=O)O)cc4)ccn3)c2)cc1. The van der Waals surface area contributed by atoms with Gasteiger partial charge in [-0.3, -0.25) is 19.6 Å². The van der Waals surface area contributed by atoms with Crippen molar-refractivity contribution in [2.45, 2.75) is 61.9 Å². The zero-order valence-electron chi connectivity index (χ0n) is 27.5. The molecule has 2 atom stereocenters. The van der Waals surface area contributed by atoms with Gasteiger partial charge in [0, 0.05) is 25.2 Å². The van der Waals surface area contributed by atoms with Crippen molar-refractivity contribution >= 4 is 68.3 Å². The number of thiocarbonyl (C=S) groups is 2. The van der Waals surface area contributed by atoms with E-state index in [0.717, 1.165) is 44.8 Å². The van der Waals surface area contributed by atoms with Gasteiger partial charge in [-0.05, 0) is 97.2 Å². The molecule has 2 N–H and O–H groups in total. The number of hydrogen-bond donors (Lipinski definition) is 2. The molecular weight excluding hydrogens is 705 g/mol. The molecule has 0 saturated heterocycles. The van der Waals surface area contributed by atoms with Crippen LogP contribution in [0.4, 0.5) is 0 Å². The first-order valence-corrected chi connectivity index (χ1v) is 18.1. The van der Waals surface area contributed by atoms with Gasteiger partial charge in [0.25, 0.3) is 0 Å². The first-order valence-electron chi connectivity index (χ1n) is 15.6. The summed E-state index contributed by atoms with van der Waals surface area (Å²) >= 11 is 13.6. The summed E-state index contributed by atoms with van der Waals surface area (Å²) in [6.07, 6.45) is 5.11. The summed E-state index contributed by atoms with van der Waals surface area (Å²) < 4.78 is -0.733. The number of carbonyl (C=O) groups is 2. The molecule has 12 heteroatoms. The van der Waals surface area contributed by atoms with Crippen molar-refractivity contribution in [3.8, 4) is 23.5 Å². The van der Waals surface area contributed by atoms with Crippen LogP contribution in [-0.2, 0) is 22.4 Å². The monoisotopic (exact) mass is 738 g/mol. The smallest absolute Gasteiger partial charge is 0.303 e. The predicted octanol–water partition coefficient (Wildman–Crippen LogP) is 8.44. The fourth-order valence-corrected chi connectivity index (χ4v) is 8.12. The maximum Gasteiger partial charge on any atom is 0.303 e. The lowest BCUT2D eigenvalue weighted by Crippen LogP contribution is -2.21. The minimum Gasteiger partial charge on any atom is -0.481 e. The lowest BCUT2D eigenvalue weighted by molar-refractivity contribution is -0.138. The number of thioether (sulfide) groups is 2. The number of carboxylic acids is 2. The van der Waals surface area contributed by atoms with E-state index < -0.39 is 21.4 Å². The summed E-state index contributed by atoms with van der Waals surface area (Å²) in [5.74, 6) is -1.88. The highest BCUT2D eigenvalue weighted by Crippen LogP contribution is 2.34. The van der Waals surface area contributed by atoms with Crippen LogP contribution in [0, 0.1) is 22.7 Å². The van der Waals surface area contributed by atoms with E-state index in [1.807, 2.05) is 72.8 Å². The van der Waals surface area contributed by atoms with Gasteiger partial charge in [0.15, 0.2) is 0 Å². The van der Waals surface area contributed by atoms with Crippen LogP contribution >= 0.6 is 48.0 Å². The van der Waals surface area contributed by atoms with Crippen molar-refractivity contribution in [2.24, 2.45) is 0 Å². The molecule has 0 saturated carbocycles. The molecule has 8 nitrogen and oxygen atoms in total. The molecule has 0 radical (unpaired) electrons. The van der Waals surface area contributed by atoms with Crippen LogP contribution in [0.5, 0.6) is 0 Å². The number of nitriles is 2. The predicted molar refractivity (Wildman–Crippen MR) is 206 cm³/mol. The number of carboxylic acid groups (broad SMARTS) is 2. The number of nitrogens with zero attached hydrogens (tertiary/aromatic N) is 4. The standard InChI is InChI=1S/C38H34N4O4S4/c1-37(23-39,15-11-33(43)44)49-35(47)29-7-3-25(4-8-29)19-27-13-17-41-31(21-27)32-22-28(14-18-42-32)20-26-5-9-30(10-6-26)36(48)50-38(2,24-40)16-12-34(45)46/h3-10,13-14,17-18,21-22H,11-12,15-16,19-20H2,1-2H3,(H,43,44)(H,45,46). The Balaban J connectivity index is 1.38. The first kappa shape index (κ1) is 38.3. The normalized spacial score (nSPS) is 13.2. The first-order chi connectivity index (χ1) is 23.8. The van der Waals surface area contributed by atoms with Crippen molar-refractivity contribution in [2.75, 3.05) is 0 Å². The quantitative estimate of drug-likeness (QED) is 0.113. The van der Waals surface area contributed by atoms with Gasteiger partial charge in [-0.15, -0.1) is 0 Å². The number of pyridine rings is 2. The summed E-state index contributed by atoms with van der Waals surface area (Å²) in [4.78, 5) is 31.2. The van der Waals surface area contributed by atoms with E-state index >= 15 is 0 Å². The highest BCUT2D eigenvalue weighted by Gasteiger charge is 2.29. The summed E-state index contributed by atoms with van der Waals surface area (Å²) in [6, 6.07) is 28.1. The Morgan fingerprint density at radius 2 is 1.02 bits per heavy atom. The number of aliphatic carboxylic acids is 2. The third kappa shape index (κ3) is 11.3. The Hall–Kier alpha value is -4.46. The minimum absolute atomic E-state index is 0.0960. The van der Waals surface area contributed by atoms with Crippen LogP contribution in [0.25, 0.3) is 11.4 Å². The molecule has 4 aromatic rings. The van der Waals surface area contributed by atoms with E-state index in [4.69, 9.17) is 34.6 Å². The molecule has 0 amide bonds. The molecule has 50 heavy (non-hydrogen) atoms. The molecule has 2 aromatic carbocycles. The van der Waals surface area contributed by atoms with Crippen LogP contribution in [0.1, 0.15) is 72.9 Å². The van der Waals surface area contributed by atoms with Gasteiger partial charge in [0.1, 0.15) is 9.49 Å². The Morgan fingerprint density at radius 1 is 0.660 bits per heavy atom. The molecular formula is C38H34N4O4S4. The number of aromatic nitrogens is 2. The zero-order chi connectivity index (χ0) is 36.3. The average molecular weight is 739 g/mol. The molecule has 0 bridgehead atoms. The third-order valence-electron chi connectivity index (χ3n) is 7.85. The van der Waals surface area contributed by atoms with Gasteiger partial charge in [-0.2, -0.15) is 10.5 Å². The fraction of sp³-hybridized carbons (Fsp3) is 0.263. The van der Waals surface area contributed by atoms with E-state index in [2.05, 4.69) is 22.1 Å². The summed E-state index contributed by atoms with van der Waals surface area (Å²) in [5.41, 5.74) is 7.44. The number of hydrogen-bond acceptors (Lipinski definition) is 10. The highest BCUT2D eigenvalue weighted by atomic mass is 32.2. The topological polar surface area (TPSA) is 148 Å². The maximum absolute atomic E-state index is 11.0. The van der Waals surface area contributed by atoms with E-state index in [1.165, 1.54) is 23.5 Å². The van der Waals surface area contributed by atoms with Gasteiger partial charge in [-0.25, -0.2) is 0 Å². The Morgan fingerprint density at radius 3 is 1.34 bits per heavy atom. The van der Waals surface area contributed by atoms with Crippen molar-refractivity contribution in [1.29, 1.82) is 10.5 Å². The van der Waals surface area contributed by atoms with E-state index in [1.54, 1.807) is 26.2 Å². The van der Waals surface area contributed by atoms with Crippen LogP contribution < -0.4 is 0 Å². The van der Waals surface area contributed by atoms with Gasteiger partial charge in [0.05, 0.1) is 31.9 Å². The summed E-state index contributed by atoms with van der Waals surface area (Å²) in [5, 5.41) is 37.3. The molecule has 0 aliphatic rings. The summed E-state index contributed by atoms with van der Waals surface area (Å²) in [7, 11) is 0. The largest absolute Gasteiger partial charge is 0.481 e. The molecule has 2 unspecified atom stereocenters. The second-order valence-electron chi connectivity index (χ2n) is 12.1.